The second-order valence-corrected chi connectivity index (χ2v) is 8.17. The molecule has 3 heterocycles. The minimum atomic E-state index is -3.57. The number of nitrogens with one attached hydrogen (secondary N) is 1. The molecule has 1 unspecified atom stereocenters. The number of fused-ring (bicyclic) bond motifs is 1. The molecule has 7 heteroatoms. The summed E-state index contributed by atoms with van der Waals surface area (Å²) in [5, 5.41) is 4.94. The van der Waals surface area contributed by atoms with Gasteiger partial charge in [0.1, 0.15) is 10.6 Å². The van der Waals surface area contributed by atoms with Gasteiger partial charge in [-0.2, -0.15) is 4.31 Å². The van der Waals surface area contributed by atoms with E-state index >= 15 is 0 Å². The molecule has 1 saturated heterocycles. The standard InChI is InChI=1S/C17H19N3O3S/c1-11-17(12(2)23-19-11)24(21,22)20-8-7-13(10-20)15-9-18-16-6-4-3-5-14(15)16/h3-6,9,13,18H,7-8,10H2,1-2H3. The third-order valence-electron chi connectivity index (χ3n) is 4.78. The summed E-state index contributed by atoms with van der Waals surface area (Å²) < 4.78 is 32.5. The summed E-state index contributed by atoms with van der Waals surface area (Å²) >= 11 is 0. The van der Waals surface area contributed by atoms with E-state index < -0.39 is 10.0 Å². The van der Waals surface area contributed by atoms with E-state index in [1.165, 1.54) is 10.9 Å². The number of hydrogen-bond donors (Lipinski definition) is 1. The summed E-state index contributed by atoms with van der Waals surface area (Å²) in [6.07, 6.45) is 2.81. The zero-order valence-electron chi connectivity index (χ0n) is 13.6. The van der Waals surface area contributed by atoms with Gasteiger partial charge in [0.2, 0.25) is 10.0 Å². The maximum atomic E-state index is 12.9. The third-order valence-corrected chi connectivity index (χ3v) is 6.89. The number of aromatic nitrogens is 2. The van der Waals surface area contributed by atoms with Crippen LogP contribution in [0.25, 0.3) is 10.9 Å². The molecule has 24 heavy (non-hydrogen) atoms. The van der Waals surface area contributed by atoms with E-state index in [9.17, 15) is 8.42 Å². The van der Waals surface area contributed by atoms with Gasteiger partial charge in [0.05, 0.1) is 0 Å². The number of nitrogens with zero attached hydrogens (tertiary/aromatic N) is 2. The fraction of sp³-hybridized carbons (Fsp3) is 0.353. The van der Waals surface area contributed by atoms with Crippen LogP contribution < -0.4 is 0 Å². The van der Waals surface area contributed by atoms with Gasteiger partial charge in [-0.25, -0.2) is 8.42 Å². The Morgan fingerprint density at radius 3 is 2.83 bits per heavy atom. The van der Waals surface area contributed by atoms with Gasteiger partial charge in [0.15, 0.2) is 5.76 Å². The van der Waals surface area contributed by atoms with E-state index in [0.717, 1.165) is 11.9 Å². The molecule has 1 aliphatic heterocycles. The Morgan fingerprint density at radius 2 is 2.08 bits per heavy atom. The maximum Gasteiger partial charge on any atom is 0.248 e. The van der Waals surface area contributed by atoms with Gasteiger partial charge in [-0.15, -0.1) is 0 Å². The van der Waals surface area contributed by atoms with Gasteiger partial charge in [-0.3, -0.25) is 0 Å². The molecule has 0 saturated carbocycles. The summed E-state index contributed by atoms with van der Waals surface area (Å²) in [5.41, 5.74) is 2.68. The molecule has 0 spiro atoms. The Balaban J connectivity index is 1.65. The third kappa shape index (κ3) is 2.27. The minimum absolute atomic E-state index is 0.191. The lowest BCUT2D eigenvalue weighted by atomic mass is 9.98. The van der Waals surface area contributed by atoms with Crippen molar-refractivity contribution in [3.8, 4) is 0 Å². The minimum Gasteiger partial charge on any atom is -0.361 e. The van der Waals surface area contributed by atoms with E-state index in [4.69, 9.17) is 4.52 Å². The fourth-order valence-electron chi connectivity index (χ4n) is 3.60. The maximum absolute atomic E-state index is 12.9. The van der Waals surface area contributed by atoms with E-state index in [2.05, 4.69) is 16.2 Å². The van der Waals surface area contributed by atoms with Crippen LogP contribution in [-0.2, 0) is 10.0 Å². The van der Waals surface area contributed by atoms with Crippen molar-refractivity contribution in [3.63, 3.8) is 0 Å². The molecule has 6 nitrogen and oxygen atoms in total. The van der Waals surface area contributed by atoms with Gasteiger partial charge < -0.3 is 9.51 Å². The lowest BCUT2D eigenvalue weighted by Gasteiger charge is -2.16. The van der Waals surface area contributed by atoms with Crippen molar-refractivity contribution in [2.75, 3.05) is 13.1 Å². The Morgan fingerprint density at radius 1 is 1.29 bits per heavy atom. The average molecular weight is 345 g/mol. The molecule has 1 N–H and O–H groups in total. The van der Waals surface area contributed by atoms with Crippen LogP contribution in [0.2, 0.25) is 0 Å². The number of aromatic amines is 1. The number of hydrogen-bond acceptors (Lipinski definition) is 4. The first kappa shape index (κ1) is 15.4. The molecule has 1 aromatic carbocycles. The molecular formula is C17H19N3O3S. The zero-order chi connectivity index (χ0) is 16.9. The second kappa shape index (κ2) is 5.46. The van der Waals surface area contributed by atoms with Crippen LogP contribution in [0.15, 0.2) is 39.9 Å². The highest BCUT2D eigenvalue weighted by Gasteiger charge is 2.37. The van der Waals surface area contributed by atoms with Crippen LogP contribution in [-0.4, -0.2) is 36.0 Å². The topological polar surface area (TPSA) is 79.2 Å². The predicted molar refractivity (Wildman–Crippen MR) is 90.4 cm³/mol. The van der Waals surface area contributed by atoms with Gasteiger partial charge in [-0.05, 0) is 31.9 Å². The van der Waals surface area contributed by atoms with Crippen LogP contribution in [0.1, 0.15) is 29.4 Å². The summed E-state index contributed by atoms with van der Waals surface area (Å²) in [6, 6.07) is 8.11. The molecule has 0 bridgehead atoms. The lowest BCUT2D eigenvalue weighted by Crippen LogP contribution is -2.29. The van der Waals surface area contributed by atoms with Gasteiger partial charge in [-0.1, -0.05) is 23.4 Å². The SMILES string of the molecule is Cc1noc(C)c1S(=O)(=O)N1CCC(c2c[nH]c3ccccc23)C1. The molecule has 0 radical (unpaired) electrons. The normalized spacial score (nSPS) is 19.3. The van der Waals surface area contributed by atoms with Gasteiger partial charge in [0, 0.05) is 36.1 Å². The molecule has 1 fully saturated rings. The van der Waals surface area contributed by atoms with E-state index in [0.29, 0.717) is 24.5 Å². The number of rotatable bonds is 3. The Kier molecular flexibility index (Phi) is 3.51. The molecule has 3 aromatic rings. The Labute approximate surface area is 140 Å². The quantitative estimate of drug-likeness (QED) is 0.791. The van der Waals surface area contributed by atoms with Crippen LogP contribution in [0, 0.1) is 13.8 Å². The number of benzene rings is 1. The Bertz CT molecular complexity index is 984. The Hall–Kier alpha value is -2.12. The van der Waals surface area contributed by atoms with Crippen molar-refractivity contribution in [1.29, 1.82) is 0 Å². The zero-order valence-corrected chi connectivity index (χ0v) is 14.4. The second-order valence-electron chi connectivity index (χ2n) is 6.29. The molecule has 4 rings (SSSR count). The highest BCUT2D eigenvalue weighted by Crippen LogP contribution is 2.35. The van der Waals surface area contributed by atoms with Crippen LogP contribution >= 0.6 is 0 Å². The highest BCUT2D eigenvalue weighted by molar-refractivity contribution is 7.89. The van der Waals surface area contributed by atoms with Crippen molar-refractivity contribution in [3.05, 3.63) is 47.5 Å². The van der Waals surface area contributed by atoms with Crippen LogP contribution in [0.3, 0.4) is 0 Å². The van der Waals surface area contributed by atoms with Crippen molar-refractivity contribution in [2.45, 2.75) is 31.1 Å². The smallest absolute Gasteiger partial charge is 0.248 e. The first-order chi connectivity index (χ1) is 11.5. The predicted octanol–water partition coefficient (Wildman–Crippen LogP) is 2.95. The van der Waals surface area contributed by atoms with Crippen molar-refractivity contribution in [1.82, 2.24) is 14.4 Å². The van der Waals surface area contributed by atoms with Crippen molar-refractivity contribution >= 4 is 20.9 Å². The molecule has 1 aliphatic rings. The largest absolute Gasteiger partial charge is 0.361 e. The summed E-state index contributed by atoms with van der Waals surface area (Å²) in [7, 11) is -3.57. The van der Waals surface area contributed by atoms with Crippen LogP contribution in [0.5, 0.6) is 0 Å². The lowest BCUT2D eigenvalue weighted by molar-refractivity contribution is 0.389. The molecule has 0 amide bonds. The van der Waals surface area contributed by atoms with Crippen LogP contribution in [0.4, 0.5) is 0 Å². The van der Waals surface area contributed by atoms with Crippen molar-refractivity contribution in [2.24, 2.45) is 0 Å². The van der Waals surface area contributed by atoms with E-state index in [-0.39, 0.29) is 10.8 Å². The van der Waals surface area contributed by atoms with E-state index in [1.807, 2.05) is 24.4 Å². The summed E-state index contributed by atoms with van der Waals surface area (Å²) in [5.74, 6) is 0.541. The first-order valence-corrected chi connectivity index (χ1v) is 9.41. The number of sulfonamides is 1. The molecular weight excluding hydrogens is 326 g/mol. The summed E-state index contributed by atoms with van der Waals surface area (Å²) in [6.45, 7) is 4.29. The molecule has 0 aliphatic carbocycles. The van der Waals surface area contributed by atoms with E-state index in [1.54, 1.807) is 18.2 Å². The number of aryl methyl sites for hydroxylation is 2. The fourth-order valence-corrected chi connectivity index (χ4v) is 5.40. The number of H-pyrrole nitrogens is 1. The average Bonchev–Trinajstić information content (AvgIpc) is 3.25. The first-order valence-electron chi connectivity index (χ1n) is 7.97. The van der Waals surface area contributed by atoms with Gasteiger partial charge in [0.25, 0.3) is 0 Å². The molecule has 126 valence electrons. The van der Waals surface area contributed by atoms with Crippen molar-refractivity contribution < 1.29 is 12.9 Å². The molecule has 1 atom stereocenters. The monoisotopic (exact) mass is 345 g/mol. The number of para-hydroxylation sites is 1. The molecule has 2 aromatic heterocycles. The van der Waals surface area contributed by atoms with Gasteiger partial charge >= 0.3 is 0 Å². The highest BCUT2D eigenvalue weighted by atomic mass is 32.2. The summed E-state index contributed by atoms with van der Waals surface area (Å²) in [4.78, 5) is 3.48.